The Morgan fingerprint density at radius 2 is 1.74 bits per heavy atom. The maximum absolute atomic E-state index is 13.1. The lowest BCUT2D eigenvalue weighted by molar-refractivity contribution is 0.242. The number of nitrogens with two attached hydrogens (primary N) is 1. The minimum absolute atomic E-state index is 0.0286. The Labute approximate surface area is 141 Å². The van der Waals surface area contributed by atoms with Gasteiger partial charge in [0.15, 0.2) is 8.24 Å². The van der Waals surface area contributed by atoms with Gasteiger partial charge in [-0.05, 0) is 49.9 Å². The Bertz CT molecular complexity index is 644. The van der Waals surface area contributed by atoms with Gasteiger partial charge in [0.1, 0.15) is 16.6 Å². The van der Waals surface area contributed by atoms with E-state index in [9.17, 15) is 8.60 Å². The van der Waals surface area contributed by atoms with Crippen molar-refractivity contribution in [3.63, 3.8) is 0 Å². The third-order valence-corrected chi connectivity index (χ3v) is 12.1. The Kier molecular flexibility index (Phi) is 6.18. The molecule has 0 saturated carbocycles. The number of benzene rings is 1. The van der Waals surface area contributed by atoms with Crippen LogP contribution in [0.4, 0.5) is 4.39 Å². The van der Waals surface area contributed by atoms with E-state index in [1.807, 2.05) is 19.0 Å². The molecule has 0 aliphatic heterocycles. The zero-order valence-electron chi connectivity index (χ0n) is 15.3. The van der Waals surface area contributed by atoms with E-state index in [0.29, 0.717) is 4.90 Å². The lowest BCUT2D eigenvalue weighted by atomic mass is 10.1. The quantitative estimate of drug-likeness (QED) is 0.809. The maximum Gasteiger partial charge on any atom is 0.195 e. The summed E-state index contributed by atoms with van der Waals surface area (Å²) in [6.07, 6.45) is 0. The molecule has 4 nitrogen and oxygen atoms in total. The molecule has 2 N–H and O–H groups in total. The highest BCUT2D eigenvalue weighted by molar-refractivity contribution is 7.92. The van der Waals surface area contributed by atoms with Crippen LogP contribution < -0.4 is 5.14 Å². The van der Waals surface area contributed by atoms with Gasteiger partial charge in [0.2, 0.25) is 0 Å². The maximum atomic E-state index is 13.1. The summed E-state index contributed by atoms with van der Waals surface area (Å²) in [5.41, 5.74) is 0.837. The summed E-state index contributed by atoms with van der Waals surface area (Å²) in [6, 6.07) is 6.68. The van der Waals surface area contributed by atoms with E-state index < -0.39 is 24.8 Å². The van der Waals surface area contributed by atoms with Crippen LogP contribution >= 0.6 is 0 Å². The van der Waals surface area contributed by atoms with Crippen LogP contribution in [-0.4, -0.2) is 38.1 Å². The molecule has 2 unspecified atom stereocenters. The summed E-state index contributed by atoms with van der Waals surface area (Å²) < 4.78 is 30.6. The first-order valence-corrected chi connectivity index (χ1v) is 12.2. The molecule has 1 aromatic carbocycles. The van der Waals surface area contributed by atoms with Crippen molar-refractivity contribution in [1.29, 1.82) is 0 Å². The molecule has 0 radical (unpaired) electrons. The second kappa shape index (κ2) is 7.00. The summed E-state index contributed by atoms with van der Waals surface area (Å²) in [5.74, 6) is 0. The van der Waals surface area contributed by atoms with Crippen molar-refractivity contribution in [3.05, 3.63) is 29.8 Å². The minimum Gasteiger partial charge on any atom is -0.300 e. The molecule has 0 heterocycles. The Hall–Kier alpha value is -0.763. The fourth-order valence-electron chi connectivity index (χ4n) is 1.94. The van der Waals surface area contributed by atoms with Crippen LogP contribution in [0.5, 0.6) is 0 Å². The molecule has 0 amide bonds. The third kappa shape index (κ3) is 4.85. The molecule has 2 atom stereocenters. The normalized spacial score (nSPS) is 17.0. The molecule has 1 rings (SSSR count). The SMILES string of the molecule is CN(C)C(CF)c1ccc(S(N)(=O)=N[Si](C)(C)C(C)(C)C)cc1. The van der Waals surface area contributed by atoms with Gasteiger partial charge < -0.3 is 4.90 Å². The minimum atomic E-state index is -2.94. The Morgan fingerprint density at radius 3 is 2.09 bits per heavy atom. The van der Waals surface area contributed by atoms with Gasteiger partial charge >= 0.3 is 0 Å². The molecule has 0 aliphatic rings. The topological polar surface area (TPSA) is 58.7 Å². The highest BCUT2D eigenvalue weighted by Gasteiger charge is 2.37. The number of rotatable bonds is 5. The van der Waals surface area contributed by atoms with Gasteiger partial charge in [0.25, 0.3) is 0 Å². The van der Waals surface area contributed by atoms with E-state index in [4.69, 9.17) is 5.14 Å². The second-order valence-electron chi connectivity index (χ2n) is 7.67. The van der Waals surface area contributed by atoms with Gasteiger partial charge in [-0.3, -0.25) is 4.03 Å². The van der Waals surface area contributed by atoms with Crippen molar-refractivity contribution in [2.45, 2.75) is 49.8 Å². The van der Waals surface area contributed by atoms with Gasteiger partial charge in [-0.2, -0.15) is 0 Å². The molecule has 0 aromatic heterocycles. The standard InChI is InChI=1S/C16H30FN3OSSi/c1-16(2,3)23(6,7)19-22(18,21)14-10-8-13(9-11-14)15(12-17)20(4)5/h8-11,15H,12H2,1-7H3,(H2,18,19,21). The summed E-state index contributed by atoms with van der Waals surface area (Å²) in [4.78, 5) is 2.32. The second-order valence-corrected chi connectivity index (χ2v) is 14.6. The van der Waals surface area contributed by atoms with Crippen molar-refractivity contribution in [2.75, 3.05) is 20.8 Å². The molecule has 1 aromatic rings. The van der Waals surface area contributed by atoms with E-state index in [-0.39, 0.29) is 11.1 Å². The zero-order valence-corrected chi connectivity index (χ0v) is 17.1. The smallest absolute Gasteiger partial charge is 0.195 e. The molecule has 0 bridgehead atoms. The first kappa shape index (κ1) is 20.3. The molecule has 7 heteroatoms. The summed E-state index contributed by atoms with van der Waals surface area (Å²) in [6.45, 7) is 9.97. The van der Waals surface area contributed by atoms with Gasteiger partial charge in [-0.1, -0.05) is 32.9 Å². The largest absolute Gasteiger partial charge is 0.300 e. The summed E-state index contributed by atoms with van der Waals surface area (Å²) >= 11 is 0. The van der Waals surface area contributed by atoms with E-state index in [0.717, 1.165) is 5.56 Å². The van der Waals surface area contributed by atoms with E-state index in [2.05, 4.69) is 37.9 Å². The Morgan fingerprint density at radius 1 is 1.26 bits per heavy atom. The van der Waals surface area contributed by atoms with E-state index in [1.54, 1.807) is 24.3 Å². The van der Waals surface area contributed by atoms with Crippen molar-refractivity contribution in [2.24, 2.45) is 9.17 Å². The lowest BCUT2D eigenvalue weighted by Crippen LogP contribution is -2.37. The van der Waals surface area contributed by atoms with E-state index in [1.165, 1.54) is 0 Å². The van der Waals surface area contributed by atoms with Crippen molar-refractivity contribution < 1.29 is 8.60 Å². The lowest BCUT2D eigenvalue weighted by Gasteiger charge is -2.32. The van der Waals surface area contributed by atoms with Crippen molar-refractivity contribution in [3.8, 4) is 0 Å². The monoisotopic (exact) mass is 359 g/mol. The fraction of sp³-hybridized carbons (Fsp3) is 0.625. The van der Waals surface area contributed by atoms with Crippen LogP contribution in [0, 0.1) is 0 Å². The van der Waals surface area contributed by atoms with Crippen LogP contribution in [0.3, 0.4) is 0 Å². The average Bonchev–Trinajstić information content (AvgIpc) is 2.37. The molecule has 0 aliphatic carbocycles. The first-order valence-electron chi connectivity index (χ1n) is 7.70. The summed E-state index contributed by atoms with van der Waals surface area (Å²) in [7, 11) is -1.41. The molecule has 23 heavy (non-hydrogen) atoms. The van der Waals surface area contributed by atoms with Crippen molar-refractivity contribution >= 4 is 18.2 Å². The van der Waals surface area contributed by atoms with Crippen LogP contribution in [0.2, 0.25) is 18.1 Å². The predicted octanol–water partition coefficient (Wildman–Crippen LogP) is 3.96. The van der Waals surface area contributed by atoms with E-state index >= 15 is 0 Å². The van der Waals surface area contributed by atoms with Gasteiger partial charge in [0, 0.05) is 0 Å². The van der Waals surface area contributed by atoms with Gasteiger partial charge in [-0.15, -0.1) is 0 Å². The van der Waals surface area contributed by atoms with Gasteiger partial charge in [0.05, 0.1) is 10.9 Å². The molecule has 132 valence electrons. The Balaban J connectivity index is 3.24. The number of alkyl halides is 1. The number of halogens is 1. The molecule has 0 saturated heterocycles. The third-order valence-electron chi connectivity index (χ3n) is 4.57. The molecule has 0 spiro atoms. The zero-order chi connectivity index (χ0) is 18.1. The molecular formula is C16H30FN3OSSi. The first-order chi connectivity index (χ1) is 10.3. The van der Waals surface area contributed by atoms with Gasteiger partial charge in [-0.25, -0.2) is 13.7 Å². The van der Waals surface area contributed by atoms with Crippen LogP contribution in [0.1, 0.15) is 32.4 Å². The highest BCUT2D eigenvalue weighted by Crippen LogP contribution is 2.37. The average molecular weight is 360 g/mol. The van der Waals surface area contributed by atoms with Crippen molar-refractivity contribution in [1.82, 2.24) is 4.90 Å². The molecule has 0 fully saturated rings. The fourth-order valence-corrected chi connectivity index (χ4v) is 6.69. The number of hydrogen-bond acceptors (Lipinski definition) is 3. The van der Waals surface area contributed by atoms with Crippen LogP contribution in [0.25, 0.3) is 0 Å². The number of nitrogens with zero attached hydrogens (tertiary/aromatic N) is 2. The predicted molar refractivity (Wildman–Crippen MR) is 99.1 cm³/mol. The summed E-state index contributed by atoms with van der Waals surface area (Å²) in [5, 5.41) is 6.02. The molecular weight excluding hydrogens is 329 g/mol. The number of hydrogen-bond donors (Lipinski definition) is 1. The highest BCUT2D eigenvalue weighted by atomic mass is 32.2. The van der Waals surface area contributed by atoms with Crippen LogP contribution in [-0.2, 0) is 9.92 Å². The van der Waals surface area contributed by atoms with Crippen LogP contribution in [0.15, 0.2) is 33.2 Å².